The van der Waals surface area contributed by atoms with E-state index in [2.05, 4.69) is 26.0 Å². The van der Waals surface area contributed by atoms with E-state index in [4.69, 9.17) is 14.2 Å². The molecular formula is C26H38O6. The number of rotatable bonds is 5. The number of aliphatic hydroxyl groups is 1. The number of allylic oxidation sites excluding steroid dienone is 2. The van der Waals surface area contributed by atoms with Gasteiger partial charge in [0.2, 0.25) is 0 Å². The molecule has 4 aliphatic carbocycles. The Morgan fingerprint density at radius 3 is 2.47 bits per heavy atom. The molecule has 0 aromatic heterocycles. The lowest BCUT2D eigenvalue weighted by Crippen LogP contribution is -2.56. The van der Waals surface area contributed by atoms with Gasteiger partial charge < -0.3 is 19.3 Å². The minimum absolute atomic E-state index is 0.00652. The van der Waals surface area contributed by atoms with Gasteiger partial charge >= 0.3 is 11.9 Å². The molecule has 32 heavy (non-hydrogen) atoms. The molecule has 0 aromatic rings. The van der Waals surface area contributed by atoms with Crippen LogP contribution in [0.1, 0.15) is 66.2 Å². The Morgan fingerprint density at radius 2 is 1.84 bits per heavy atom. The molecule has 2 saturated carbocycles. The largest absolute Gasteiger partial charge is 0.462 e. The molecule has 6 nitrogen and oxygen atoms in total. The molecule has 0 radical (unpaired) electrons. The van der Waals surface area contributed by atoms with Crippen molar-refractivity contribution >= 4 is 11.9 Å². The molecule has 0 saturated heterocycles. The first-order valence-electron chi connectivity index (χ1n) is 12.0. The minimum atomic E-state index is -0.292. The van der Waals surface area contributed by atoms with E-state index < -0.39 is 0 Å². The monoisotopic (exact) mass is 446 g/mol. The first-order valence-corrected chi connectivity index (χ1v) is 12.0. The third kappa shape index (κ3) is 3.63. The standard InChI is InChI=1S/C26H38O6/c1-15(28)31-18-12-17-6-7-19-20-8-9-22(23(14-27)30-5)25(20,3)11-10-21(19)26(17,4)24(13-18)32-16(2)29/h6,9,18-21,23-24,27H,7-8,10-14H2,1-5H3/t18-,19+,20+,21+,23-,24+,25+,26+/m1/s1. The number of esters is 2. The summed E-state index contributed by atoms with van der Waals surface area (Å²) in [4.78, 5) is 23.7. The van der Waals surface area contributed by atoms with Crippen molar-refractivity contribution in [1.29, 1.82) is 0 Å². The number of methoxy groups -OCH3 is 1. The summed E-state index contributed by atoms with van der Waals surface area (Å²) in [5.41, 5.74) is 2.31. The van der Waals surface area contributed by atoms with Gasteiger partial charge in [0.05, 0.1) is 6.61 Å². The van der Waals surface area contributed by atoms with Crippen LogP contribution in [0.5, 0.6) is 0 Å². The Labute approximate surface area is 191 Å². The first kappa shape index (κ1) is 23.5. The fourth-order valence-corrected chi connectivity index (χ4v) is 7.75. The molecule has 0 amide bonds. The lowest BCUT2D eigenvalue weighted by Gasteiger charge is -2.59. The summed E-state index contributed by atoms with van der Waals surface area (Å²) in [6.45, 7) is 7.52. The summed E-state index contributed by atoms with van der Waals surface area (Å²) < 4.78 is 17.1. The van der Waals surface area contributed by atoms with Crippen LogP contribution in [0.25, 0.3) is 0 Å². The van der Waals surface area contributed by atoms with Gasteiger partial charge in [0.15, 0.2) is 0 Å². The maximum absolute atomic E-state index is 12.0. The average molecular weight is 447 g/mol. The molecule has 0 heterocycles. The van der Waals surface area contributed by atoms with Crippen molar-refractivity contribution in [3.63, 3.8) is 0 Å². The average Bonchev–Trinajstić information content (AvgIpc) is 3.06. The number of fused-ring (bicyclic) bond motifs is 5. The predicted molar refractivity (Wildman–Crippen MR) is 120 cm³/mol. The molecule has 0 aromatic carbocycles. The second-order valence-corrected chi connectivity index (χ2v) is 10.7. The van der Waals surface area contributed by atoms with Crippen molar-refractivity contribution < 1.29 is 28.9 Å². The molecule has 0 unspecified atom stereocenters. The third-order valence-electron chi connectivity index (χ3n) is 9.21. The Kier molecular flexibility index (Phi) is 6.32. The minimum Gasteiger partial charge on any atom is -0.462 e. The van der Waals surface area contributed by atoms with Gasteiger partial charge in [-0.15, -0.1) is 0 Å². The van der Waals surface area contributed by atoms with E-state index in [0.29, 0.717) is 24.2 Å². The quantitative estimate of drug-likeness (QED) is 0.508. The van der Waals surface area contributed by atoms with E-state index in [1.807, 2.05) is 0 Å². The van der Waals surface area contributed by atoms with Gasteiger partial charge in [-0.1, -0.05) is 31.6 Å². The van der Waals surface area contributed by atoms with Crippen molar-refractivity contribution in [2.45, 2.75) is 84.5 Å². The number of aliphatic hydroxyl groups excluding tert-OH is 1. The van der Waals surface area contributed by atoms with Crippen LogP contribution in [-0.4, -0.2) is 49.1 Å². The van der Waals surface area contributed by atoms with Crippen LogP contribution in [0, 0.1) is 28.6 Å². The van der Waals surface area contributed by atoms with E-state index in [1.165, 1.54) is 25.0 Å². The molecule has 8 atom stereocenters. The molecule has 0 bridgehead atoms. The maximum atomic E-state index is 12.0. The normalized spacial score (nSPS) is 41.4. The van der Waals surface area contributed by atoms with Crippen molar-refractivity contribution in [3.05, 3.63) is 23.3 Å². The van der Waals surface area contributed by atoms with Crippen LogP contribution in [0.15, 0.2) is 23.3 Å². The molecule has 6 heteroatoms. The van der Waals surface area contributed by atoms with Crippen molar-refractivity contribution in [2.24, 2.45) is 28.6 Å². The van der Waals surface area contributed by atoms with E-state index in [9.17, 15) is 14.7 Å². The van der Waals surface area contributed by atoms with E-state index in [0.717, 1.165) is 32.1 Å². The van der Waals surface area contributed by atoms with Gasteiger partial charge in [-0.2, -0.15) is 0 Å². The Bertz CT molecular complexity index is 826. The second-order valence-electron chi connectivity index (χ2n) is 10.7. The Balaban J connectivity index is 1.66. The first-order chi connectivity index (χ1) is 15.1. The van der Waals surface area contributed by atoms with Gasteiger partial charge in [-0.05, 0) is 54.4 Å². The van der Waals surface area contributed by atoms with Crippen LogP contribution in [0.3, 0.4) is 0 Å². The summed E-state index contributed by atoms with van der Waals surface area (Å²) in [6, 6.07) is 0. The van der Waals surface area contributed by atoms with E-state index in [-0.39, 0.29) is 47.7 Å². The molecule has 1 N–H and O–H groups in total. The van der Waals surface area contributed by atoms with E-state index in [1.54, 1.807) is 7.11 Å². The van der Waals surface area contributed by atoms with Gasteiger partial charge in [0.25, 0.3) is 0 Å². The molecule has 178 valence electrons. The van der Waals surface area contributed by atoms with Gasteiger partial charge in [0, 0.05) is 39.2 Å². The van der Waals surface area contributed by atoms with Crippen LogP contribution in [0.4, 0.5) is 0 Å². The molecule has 4 aliphatic rings. The Morgan fingerprint density at radius 1 is 1.12 bits per heavy atom. The molecule has 2 fully saturated rings. The highest BCUT2D eigenvalue weighted by Crippen LogP contribution is 2.65. The van der Waals surface area contributed by atoms with Gasteiger partial charge in [-0.25, -0.2) is 0 Å². The fraction of sp³-hybridized carbons (Fsp3) is 0.769. The number of ether oxygens (including phenoxy) is 3. The molecular weight excluding hydrogens is 408 g/mol. The van der Waals surface area contributed by atoms with E-state index >= 15 is 0 Å². The number of carbonyl (C=O) groups excluding carboxylic acids is 2. The van der Waals surface area contributed by atoms with Crippen molar-refractivity contribution in [2.75, 3.05) is 13.7 Å². The molecule has 4 rings (SSSR count). The third-order valence-corrected chi connectivity index (χ3v) is 9.21. The highest BCUT2D eigenvalue weighted by molar-refractivity contribution is 5.67. The highest BCUT2D eigenvalue weighted by atomic mass is 16.6. The Hall–Kier alpha value is -1.66. The zero-order valence-corrected chi connectivity index (χ0v) is 20.1. The lowest BCUT2D eigenvalue weighted by molar-refractivity contribution is -0.171. The topological polar surface area (TPSA) is 82.1 Å². The summed E-state index contributed by atoms with van der Waals surface area (Å²) in [6.07, 6.45) is 9.23. The zero-order chi connectivity index (χ0) is 23.3. The van der Waals surface area contributed by atoms with Crippen LogP contribution >= 0.6 is 0 Å². The maximum Gasteiger partial charge on any atom is 0.302 e. The van der Waals surface area contributed by atoms with Gasteiger partial charge in [-0.3, -0.25) is 9.59 Å². The number of hydrogen-bond donors (Lipinski definition) is 1. The zero-order valence-electron chi connectivity index (χ0n) is 20.1. The van der Waals surface area contributed by atoms with Crippen LogP contribution < -0.4 is 0 Å². The van der Waals surface area contributed by atoms with Crippen molar-refractivity contribution in [1.82, 2.24) is 0 Å². The lowest BCUT2D eigenvalue weighted by atomic mass is 9.46. The summed E-state index contributed by atoms with van der Waals surface area (Å²) in [5.74, 6) is 0.808. The summed E-state index contributed by atoms with van der Waals surface area (Å²) in [5, 5.41) is 9.87. The number of hydrogen-bond acceptors (Lipinski definition) is 6. The van der Waals surface area contributed by atoms with Crippen LogP contribution in [-0.2, 0) is 23.8 Å². The molecule has 0 spiro atoms. The van der Waals surface area contributed by atoms with Crippen molar-refractivity contribution in [3.8, 4) is 0 Å². The predicted octanol–water partition coefficient (Wildman–Crippen LogP) is 3.97. The molecule has 0 aliphatic heterocycles. The highest BCUT2D eigenvalue weighted by Gasteiger charge is 2.60. The summed E-state index contributed by atoms with van der Waals surface area (Å²) in [7, 11) is 1.67. The SMILES string of the molecule is CO[C@H](CO)C1=CC[C@H]2[C@@H]3CC=C4C[C@@H](OC(C)=O)C[C@H](OC(C)=O)[C@]4(C)[C@H]3CC[C@]12C. The van der Waals surface area contributed by atoms with Gasteiger partial charge in [0.1, 0.15) is 18.3 Å². The van der Waals surface area contributed by atoms with Crippen LogP contribution in [0.2, 0.25) is 0 Å². The number of carbonyl (C=O) groups is 2. The fourth-order valence-electron chi connectivity index (χ4n) is 7.75. The second kappa shape index (κ2) is 8.60. The smallest absolute Gasteiger partial charge is 0.302 e. The summed E-state index contributed by atoms with van der Waals surface area (Å²) >= 11 is 0.